The molecule has 0 aromatic heterocycles. The maximum Gasteiger partial charge on any atom is 0.234 e. The first-order chi connectivity index (χ1) is 8.84. The number of nitrogens with one attached hydrogen (secondary N) is 2. The number of rotatable bonds is 8. The summed E-state index contributed by atoms with van der Waals surface area (Å²) in [5.74, 6) is 1.67. The largest absolute Gasteiger partial charge is 0.492 e. The summed E-state index contributed by atoms with van der Waals surface area (Å²) in [6, 6.07) is 9.60. The van der Waals surface area contributed by atoms with E-state index in [0.29, 0.717) is 19.7 Å². The van der Waals surface area contributed by atoms with Crippen molar-refractivity contribution >= 4 is 5.91 Å². The van der Waals surface area contributed by atoms with Crippen LogP contribution in [0.15, 0.2) is 30.3 Å². The number of para-hydroxylation sites is 1. The van der Waals surface area contributed by atoms with Gasteiger partial charge in [-0.1, -0.05) is 18.2 Å². The van der Waals surface area contributed by atoms with E-state index in [1.54, 1.807) is 0 Å². The zero-order chi connectivity index (χ0) is 12.6. The Balaban J connectivity index is 1.48. The molecular weight excluding hydrogens is 228 g/mol. The van der Waals surface area contributed by atoms with E-state index in [4.69, 9.17) is 4.74 Å². The van der Waals surface area contributed by atoms with E-state index in [9.17, 15) is 4.79 Å². The minimum atomic E-state index is 0.0345. The molecule has 1 saturated carbocycles. The average Bonchev–Trinajstić information content (AvgIpc) is 3.20. The van der Waals surface area contributed by atoms with Gasteiger partial charge in [0.05, 0.1) is 13.1 Å². The van der Waals surface area contributed by atoms with Crippen molar-refractivity contribution in [1.82, 2.24) is 10.6 Å². The fourth-order valence-electron chi connectivity index (χ4n) is 1.65. The van der Waals surface area contributed by atoms with Crippen LogP contribution in [0.4, 0.5) is 0 Å². The van der Waals surface area contributed by atoms with E-state index in [2.05, 4.69) is 10.6 Å². The lowest BCUT2D eigenvalue weighted by molar-refractivity contribution is -0.120. The molecule has 0 bridgehead atoms. The van der Waals surface area contributed by atoms with Crippen LogP contribution in [0.25, 0.3) is 0 Å². The van der Waals surface area contributed by atoms with Gasteiger partial charge in [-0.25, -0.2) is 0 Å². The van der Waals surface area contributed by atoms with E-state index in [1.165, 1.54) is 12.8 Å². The van der Waals surface area contributed by atoms with Crippen LogP contribution in [0.5, 0.6) is 5.75 Å². The first-order valence-electron chi connectivity index (χ1n) is 6.50. The molecule has 0 radical (unpaired) electrons. The van der Waals surface area contributed by atoms with Crippen LogP contribution in [0, 0.1) is 5.92 Å². The molecule has 18 heavy (non-hydrogen) atoms. The molecular formula is C14H20N2O2. The van der Waals surface area contributed by atoms with Crippen molar-refractivity contribution < 1.29 is 9.53 Å². The number of ether oxygens (including phenoxy) is 1. The van der Waals surface area contributed by atoms with Crippen molar-refractivity contribution in [2.45, 2.75) is 12.8 Å². The van der Waals surface area contributed by atoms with Crippen LogP contribution < -0.4 is 15.4 Å². The van der Waals surface area contributed by atoms with Gasteiger partial charge >= 0.3 is 0 Å². The minimum absolute atomic E-state index is 0.0345. The lowest BCUT2D eigenvalue weighted by atomic mass is 10.3. The molecule has 2 rings (SSSR count). The highest BCUT2D eigenvalue weighted by Crippen LogP contribution is 2.27. The fraction of sp³-hybridized carbons (Fsp3) is 0.500. The minimum Gasteiger partial charge on any atom is -0.492 e. The van der Waals surface area contributed by atoms with E-state index in [1.807, 2.05) is 30.3 Å². The second-order valence-corrected chi connectivity index (χ2v) is 4.59. The summed E-state index contributed by atoms with van der Waals surface area (Å²) >= 11 is 0. The Kier molecular flexibility index (Phi) is 5.02. The number of amides is 1. The Bertz CT molecular complexity index is 363. The van der Waals surface area contributed by atoms with Gasteiger partial charge in [-0.2, -0.15) is 0 Å². The predicted octanol–water partition coefficient (Wildman–Crippen LogP) is 1.18. The molecule has 1 aliphatic carbocycles. The highest BCUT2D eigenvalue weighted by molar-refractivity contribution is 5.77. The highest BCUT2D eigenvalue weighted by atomic mass is 16.5. The molecule has 2 N–H and O–H groups in total. The van der Waals surface area contributed by atoms with Crippen LogP contribution >= 0.6 is 0 Å². The molecule has 1 aromatic carbocycles. The Morgan fingerprint density at radius 2 is 2.06 bits per heavy atom. The Labute approximate surface area is 108 Å². The molecule has 1 aliphatic rings. The molecule has 0 heterocycles. The van der Waals surface area contributed by atoms with Crippen molar-refractivity contribution in [1.29, 1.82) is 0 Å². The fourth-order valence-corrected chi connectivity index (χ4v) is 1.65. The van der Waals surface area contributed by atoms with Gasteiger partial charge < -0.3 is 15.4 Å². The maximum atomic E-state index is 11.4. The topological polar surface area (TPSA) is 50.4 Å². The predicted molar refractivity (Wildman–Crippen MR) is 70.5 cm³/mol. The quantitative estimate of drug-likeness (QED) is 0.679. The number of hydrogen-bond donors (Lipinski definition) is 2. The molecule has 0 atom stereocenters. The van der Waals surface area contributed by atoms with Gasteiger partial charge in [0.15, 0.2) is 0 Å². The zero-order valence-corrected chi connectivity index (χ0v) is 10.5. The number of benzene rings is 1. The summed E-state index contributed by atoms with van der Waals surface area (Å²) in [5.41, 5.74) is 0. The van der Waals surface area contributed by atoms with E-state index >= 15 is 0 Å². The molecule has 4 nitrogen and oxygen atoms in total. The smallest absolute Gasteiger partial charge is 0.234 e. The lowest BCUT2D eigenvalue weighted by Gasteiger charge is -2.08. The lowest BCUT2D eigenvalue weighted by Crippen LogP contribution is -2.36. The monoisotopic (exact) mass is 248 g/mol. The summed E-state index contributed by atoms with van der Waals surface area (Å²) in [5, 5.41) is 5.97. The summed E-state index contributed by atoms with van der Waals surface area (Å²) in [4.78, 5) is 11.4. The number of carbonyl (C=O) groups excluding carboxylic acids is 1. The Hall–Kier alpha value is -1.55. The molecule has 1 fully saturated rings. The van der Waals surface area contributed by atoms with Gasteiger partial charge in [-0.3, -0.25) is 4.79 Å². The molecule has 0 spiro atoms. The molecule has 0 unspecified atom stereocenters. The zero-order valence-electron chi connectivity index (χ0n) is 10.5. The van der Waals surface area contributed by atoms with Crippen molar-refractivity contribution in [3.63, 3.8) is 0 Å². The summed E-state index contributed by atoms with van der Waals surface area (Å²) in [7, 11) is 0. The molecule has 98 valence electrons. The molecule has 0 aliphatic heterocycles. The normalized spacial score (nSPS) is 14.2. The molecule has 0 saturated heterocycles. The van der Waals surface area contributed by atoms with Crippen molar-refractivity contribution in [2.75, 3.05) is 26.2 Å². The third-order valence-corrected chi connectivity index (χ3v) is 2.85. The van der Waals surface area contributed by atoms with Gasteiger partial charge in [0.25, 0.3) is 0 Å². The third-order valence-electron chi connectivity index (χ3n) is 2.85. The van der Waals surface area contributed by atoms with Gasteiger partial charge in [-0.15, -0.1) is 0 Å². The van der Waals surface area contributed by atoms with E-state index in [-0.39, 0.29) is 5.91 Å². The van der Waals surface area contributed by atoms with Gasteiger partial charge in [0, 0.05) is 0 Å². The van der Waals surface area contributed by atoms with Crippen LogP contribution in [0.3, 0.4) is 0 Å². The number of hydrogen-bond acceptors (Lipinski definition) is 3. The first-order valence-corrected chi connectivity index (χ1v) is 6.50. The third kappa shape index (κ3) is 5.19. The average molecular weight is 248 g/mol. The summed E-state index contributed by atoms with van der Waals surface area (Å²) in [6.07, 6.45) is 2.61. The van der Waals surface area contributed by atoms with E-state index in [0.717, 1.165) is 18.2 Å². The van der Waals surface area contributed by atoms with Crippen molar-refractivity contribution in [2.24, 2.45) is 5.92 Å². The van der Waals surface area contributed by atoms with Crippen molar-refractivity contribution in [3.05, 3.63) is 30.3 Å². The summed E-state index contributed by atoms with van der Waals surface area (Å²) < 4.78 is 5.47. The van der Waals surface area contributed by atoms with Crippen LogP contribution in [0.2, 0.25) is 0 Å². The Morgan fingerprint density at radius 3 is 2.78 bits per heavy atom. The van der Waals surface area contributed by atoms with Gasteiger partial charge in [-0.05, 0) is 37.4 Å². The van der Waals surface area contributed by atoms with Crippen LogP contribution in [0.1, 0.15) is 12.8 Å². The maximum absolute atomic E-state index is 11.4. The first kappa shape index (κ1) is 12.9. The SMILES string of the molecule is O=C(CNCC1CC1)NCCOc1ccccc1. The van der Waals surface area contributed by atoms with Gasteiger partial charge in [0.1, 0.15) is 12.4 Å². The van der Waals surface area contributed by atoms with Crippen LogP contribution in [-0.2, 0) is 4.79 Å². The standard InChI is InChI=1S/C14H20N2O2/c17-14(11-15-10-12-6-7-12)16-8-9-18-13-4-2-1-3-5-13/h1-5,12,15H,6-11H2,(H,16,17). The summed E-state index contributed by atoms with van der Waals surface area (Å²) in [6.45, 7) is 2.41. The van der Waals surface area contributed by atoms with Gasteiger partial charge in [0.2, 0.25) is 5.91 Å². The van der Waals surface area contributed by atoms with Crippen molar-refractivity contribution in [3.8, 4) is 5.75 Å². The van der Waals surface area contributed by atoms with Crippen LogP contribution in [-0.4, -0.2) is 32.1 Å². The second kappa shape index (κ2) is 7.01. The number of carbonyl (C=O) groups is 1. The van der Waals surface area contributed by atoms with E-state index < -0.39 is 0 Å². The Morgan fingerprint density at radius 1 is 1.28 bits per heavy atom. The molecule has 4 heteroatoms. The highest BCUT2D eigenvalue weighted by Gasteiger charge is 2.20. The molecule has 1 aromatic rings. The molecule has 1 amide bonds. The second-order valence-electron chi connectivity index (χ2n) is 4.59.